The molecule has 0 spiro atoms. The van der Waals surface area contributed by atoms with Gasteiger partial charge in [-0.25, -0.2) is 9.78 Å². The highest BCUT2D eigenvalue weighted by atomic mass is 19.4. The Kier molecular flexibility index (Phi) is 4.12. The highest BCUT2D eigenvalue weighted by Gasteiger charge is 2.32. The van der Waals surface area contributed by atoms with Gasteiger partial charge in [0.05, 0.1) is 6.54 Å². The summed E-state index contributed by atoms with van der Waals surface area (Å²) >= 11 is 0. The lowest BCUT2D eigenvalue weighted by atomic mass is 10.3. The number of aromatic carboxylic acids is 1. The number of halogens is 3. The van der Waals surface area contributed by atoms with Gasteiger partial charge in [-0.2, -0.15) is 13.2 Å². The van der Waals surface area contributed by atoms with Crippen LogP contribution in [-0.2, 0) is 0 Å². The Morgan fingerprint density at radius 3 is 2.45 bits per heavy atom. The molecule has 1 aromatic heterocycles. The number of pyridine rings is 1. The first kappa shape index (κ1) is 14.6. The lowest BCUT2D eigenvalue weighted by Gasteiger charge is -2.35. The second-order valence-corrected chi connectivity index (χ2v) is 4.56. The number of rotatable bonds is 3. The van der Waals surface area contributed by atoms with Gasteiger partial charge in [-0.3, -0.25) is 4.90 Å². The van der Waals surface area contributed by atoms with E-state index in [0.717, 1.165) is 0 Å². The van der Waals surface area contributed by atoms with Crippen molar-refractivity contribution in [2.24, 2.45) is 0 Å². The summed E-state index contributed by atoms with van der Waals surface area (Å²) in [6, 6.07) is 4.62. The van der Waals surface area contributed by atoms with Crippen molar-refractivity contribution in [1.29, 1.82) is 0 Å². The van der Waals surface area contributed by atoms with E-state index < -0.39 is 18.7 Å². The van der Waals surface area contributed by atoms with E-state index in [1.54, 1.807) is 17.0 Å². The van der Waals surface area contributed by atoms with E-state index in [9.17, 15) is 18.0 Å². The Morgan fingerprint density at radius 2 is 1.90 bits per heavy atom. The summed E-state index contributed by atoms with van der Waals surface area (Å²) < 4.78 is 36.8. The fraction of sp³-hybridized carbons (Fsp3) is 0.500. The lowest BCUT2D eigenvalue weighted by molar-refractivity contribution is -0.146. The van der Waals surface area contributed by atoms with E-state index in [4.69, 9.17) is 5.11 Å². The maximum Gasteiger partial charge on any atom is 0.401 e. The van der Waals surface area contributed by atoms with E-state index >= 15 is 0 Å². The predicted octanol–water partition coefficient (Wildman–Crippen LogP) is 1.46. The Morgan fingerprint density at radius 1 is 1.25 bits per heavy atom. The molecule has 0 amide bonds. The lowest BCUT2D eigenvalue weighted by Crippen LogP contribution is -2.49. The SMILES string of the molecule is O=C(O)c1cccc(N2CCN(CC(F)(F)F)CC2)n1. The molecule has 0 saturated carbocycles. The van der Waals surface area contributed by atoms with Crippen LogP contribution in [0.2, 0.25) is 0 Å². The van der Waals surface area contributed by atoms with Crippen molar-refractivity contribution in [3.63, 3.8) is 0 Å². The predicted molar refractivity (Wildman–Crippen MR) is 65.9 cm³/mol. The third-order valence-corrected chi connectivity index (χ3v) is 3.05. The van der Waals surface area contributed by atoms with Gasteiger partial charge in [0.1, 0.15) is 5.82 Å². The highest BCUT2D eigenvalue weighted by Crippen LogP contribution is 2.19. The molecule has 1 aromatic rings. The smallest absolute Gasteiger partial charge is 0.401 e. The minimum atomic E-state index is -4.19. The third kappa shape index (κ3) is 3.83. The summed E-state index contributed by atoms with van der Waals surface area (Å²) in [6.07, 6.45) is -4.19. The minimum Gasteiger partial charge on any atom is -0.477 e. The summed E-state index contributed by atoms with van der Waals surface area (Å²) in [5.74, 6) is -0.640. The first-order chi connectivity index (χ1) is 9.35. The van der Waals surface area contributed by atoms with Crippen LogP contribution in [0.15, 0.2) is 18.2 Å². The average Bonchev–Trinajstić information content (AvgIpc) is 2.38. The van der Waals surface area contributed by atoms with Crippen LogP contribution in [0.1, 0.15) is 10.5 Å². The van der Waals surface area contributed by atoms with Gasteiger partial charge in [-0.15, -0.1) is 0 Å². The largest absolute Gasteiger partial charge is 0.477 e. The fourth-order valence-corrected chi connectivity index (χ4v) is 2.11. The van der Waals surface area contributed by atoms with Gasteiger partial charge in [0.25, 0.3) is 0 Å². The number of nitrogens with zero attached hydrogens (tertiary/aromatic N) is 3. The van der Waals surface area contributed by atoms with Crippen molar-refractivity contribution in [2.75, 3.05) is 37.6 Å². The number of hydrogen-bond acceptors (Lipinski definition) is 4. The van der Waals surface area contributed by atoms with Crippen LogP contribution < -0.4 is 4.90 Å². The molecule has 1 N–H and O–H groups in total. The van der Waals surface area contributed by atoms with E-state index in [2.05, 4.69) is 4.98 Å². The number of carbonyl (C=O) groups is 1. The van der Waals surface area contributed by atoms with Crippen molar-refractivity contribution in [2.45, 2.75) is 6.18 Å². The first-order valence-electron chi connectivity index (χ1n) is 6.09. The highest BCUT2D eigenvalue weighted by molar-refractivity contribution is 5.85. The Balaban J connectivity index is 1.97. The van der Waals surface area contributed by atoms with Crippen molar-refractivity contribution >= 4 is 11.8 Å². The molecule has 2 heterocycles. The summed E-state index contributed by atoms with van der Waals surface area (Å²) in [7, 11) is 0. The molecule has 8 heteroatoms. The zero-order chi connectivity index (χ0) is 14.8. The molecule has 0 bridgehead atoms. The van der Waals surface area contributed by atoms with E-state index in [1.807, 2.05) is 0 Å². The van der Waals surface area contributed by atoms with Crippen molar-refractivity contribution in [3.8, 4) is 0 Å². The Hall–Kier alpha value is -1.83. The van der Waals surface area contributed by atoms with Gasteiger partial charge < -0.3 is 10.0 Å². The monoisotopic (exact) mass is 289 g/mol. The molecule has 1 saturated heterocycles. The van der Waals surface area contributed by atoms with E-state index in [0.29, 0.717) is 18.9 Å². The van der Waals surface area contributed by atoms with Crippen LogP contribution in [0.3, 0.4) is 0 Å². The molecule has 0 aromatic carbocycles. The zero-order valence-corrected chi connectivity index (χ0v) is 10.6. The van der Waals surface area contributed by atoms with Crippen LogP contribution in [-0.4, -0.2) is 59.9 Å². The quantitative estimate of drug-likeness (QED) is 0.913. The summed E-state index contributed by atoms with van der Waals surface area (Å²) in [6.45, 7) is 0.429. The second kappa shape index (κ2) is 5.66. The number of carboxylic acid groups (broad SMARTS) is 1. The summed E-state index contributed by atoms with van der Waals surface area (Å²) in [4.78, 5) is 17.9. The Labute approximate surface area is 113 Å². The van der Waals surface area contributed by atoms with Crippen molar-refractivity contribution in [3.05, 3.63) is 23.9 Å². The molecular weight excluding hydrogens is 275 g/mol. The normalized spacial score (nSPS) is 17.2. The number of hydrogen-bond donors (Lipinski definition) is 1. The third-order valence-electron chi connectivity index (χ3n) is 3.05. The number of piperazine rings is 1. The van der Waals surface area contributed by atoms with E-state index in [-0.39, 0.29) is 18.8 Å². The van der Waals surface area contributed by atoms with Crippen LogP contribution in [0.25, 0.3) is 0 Å². The molecule has 0 radical (unpaired) electrons. The average molecular weight is 289 g/mol. The van der Waals surface area contributed by atoms with Crippen LogP contribution in [0.5, 0.6) is 0 Å². The molecule has 1 fully saturated rings. The number of aromatic nitrogens is 1. The second-order valence-electron chi connectivity index (χ2n) is 4.56. The molecule has 0 atom stereocenters. The van der Waals surface area contributed by atoms with Gasteiger partial charge in [0.15, 0.2) is 5.69 Å². The summed E-state index contributed by atoms with van der Waals surface area (Å²) in [5.41, 5.74) is -0.0692. The molecule has 0 unspecified atom stereocenters. The maximum atomic E-state index is 12.3. The first-order valence-corrected chi connectivity index (χ1v) is 6.09. The zero-order valence-electron chi connectivity index (χ0n) is 10.6. The molecular formula is C12H14F3N3O2. The van der Waals surface area contributed by atoms with Gasteiger partial charge in [-0.05, 0) is 12.1 Å². The molecule has 20 heavy (non-hydrogen) atoms. The molecule has 1 aliphatic heterocycles. The van der Waals surface area contributed by atoms with Gasteiger partial charge in [0.2, 0.25) is 0 Å². The number of anilines is 1. The number of alkyl halides is 3. The maximum absolute atomic E-state index is 12.3. The molecule has 2 rings (SSSR count). The standard InChI is InChI=1S/C12H14F3N3O2/c13-12(14,15)8-17-4-6-18(7-5-17)10-3-1-2-9(16-10)11(19)20/h1-3H,4-8H2,(H,19,20). The van der Waals surface area contributed by atoms with Gasteiger partial charge >= 0.3 is 12.1 Å². The van der Waals surface area contributed by atoms with Crippen molar-refractivity contribution in [1.82, 2.24) is 9.88 Å². The molecule has 1 aliphatic rings. The summed E-state index contributed by atoms with van der Waals surface area (Å²) in [5, 5.41) is 8.86. The molecule has 0 aliphatic carbocycles. The van der Waals surface area contributed by atoms with Gasteiger partial charge in [0, 0.05) is 26.2 Å². The van der Waals surface area contributed by atoms with E-state index in [1.165, 1.54) is 11.0 Å². The fourth-order valence-electron chi connectivity index (χ4n) is 2.11. The van der Waals surface area contributed by atoms with Crippen LogP contribution in [0, 0.1) is 0 Å². The molecule has 5 nitrogen and oxygen atoms in total. The van der Waals surface area contributed by atoms with Crippen LogP contribution in [0.4, 0.5) is 19.0 Å². The Bertz CT molecular complexity index is 485. The molecule has 110 valence electrons. The van der Waals surface area contributed by atoms with Gasteiger partial charge in [-0.1, -0.05) is 6.07 Å². The van der Waals surface area contributed by atoms with Crippen LogP contribution >= 0.6 is 0 Å². The minimum absolute atomic E-state index is 0.0692. The van der Waals surface area contributed by atoms with Crippen molar-refractivity contribution < 1.29 is 23.1 Å². The topological polar surface area (TPSA) is 56.7 Å². The number of carboxylic acids is 1.